The SMILES string of the molecule is C=CC(=O)OCCCOc1ccc(C(=O)Oc2ccc(C(=O)Oc3ccc4cc(CCC)ccc4c3)cc2CO)cc1. The molecule has 0 aromatic heterocycles. The first-order valence-corrected chi connectivity index (χ1v) is 13.6. The van der Waals surface area contributed by atoms with Crippen molar-refractivity contribution in [1.82, 2.24) is 0 Å². The van der Waals surface area contributed by atoms with Crippen LogP contribution in [0.3, 0.4) is 0 Å². The van der Waals surface area contributed by atoms with Gasteiger partial charge in [-0.25, -0.2) is 14.4 Å². The quantitative estimate of drug-likeness (QED) is 0.0876. The van der Waals surface area contributed by atoms with E-state index < -0.39 is 24.5 Å². The predicted octanol–water partition coefficient (Wildman–Crippen LogP) is 6.22. The van der Waals surface area contributed by atoms with E-state index in [2.05, 4.69) is 25.6 Å². The van der Waals surface area contributed by atoms with Crippen LogP contribution in [0.1, 0.15) is 51.6 Å². The van der Waals surface area contributed by atoms with Crippen LogP contribution in [0.2, 0.25) is 0 Å². The average molecular weight is 569 g/mol. The van der Waals surface area contributed by atoms with E-state index in [9.17, 15) is 19.5 Å². The van der Waals surface area contributed by atoms with Crippen LogP contribution in [0.4, 0.5) is 0 Å². The summed E-state index contributed by atoms with van der Waals surface area (Å²) in [4.78, 5) is 36.6. The smallest absolute Gasteiger partial charge is 0.343 e. The number of carbonyl (C=O) groups excluding carboxylic acids is 3. The van der Waals surface area contributed by atoms with Gasteiger partial charge in [0.1, 0.15) is 17.2 Å². The van der Waals surface area contributed by atoms with Crippen molar-refractivity contribution >= 4 is 28.7 Å². The molecule has 8 heteroatoms. The largest absolute Gasteiger partial charge is 0.493 e. The third kappa shape index (κ3) is 8.05. The van der Waals surface area contributed by atoms with E-state index >= 15 is 0 Å². The molecule has 0 fully saturated rings. The number of benzene rings is 4. The second kappa shape index (κ2) is 14.6. The Balaban J connectivity index is 1.35. The molecule has 0 aliphatic heterocycles. The summed E-state index contributed by atoms with van der Waals surface area (Å²) >= 11 is 0. The first-order valence-electron chi connectivity index (χ1n) is 13.6. The van der Waals surface area contributed by atoms with Crippen molar-refractivity contribution in [2.75, 3.05) is 13.2 Å². The van der Waals surface area contributed by atoms with Gasteiger partial charge in [-0.2, -0.15) is 0 Å². The Morgan fingerprint density at radius 3 is 2.21 bits per heavy atom. The highest BCUT2D eigenvalue weighted by Gasteiger charge is 2.16. The molecule has 8 nitrogen and oxygen atoms in total. The molecule has 0 saturated carbocycles. The van der Waals surface area contributed by atoms with Crippen molar-refractivity contribution in [3.8, 4) is 17.2 Å². The molecule has 0 bridgehead atoms. The molecule has 0 aliphatic carbocycles. The van der Waals surface area contributed by atoms with Crippen molar-refractivity contribution in [1.29, 1.82) is 0 Å². The van der Waals surface area contributed by atoms with E-state index in [0.29, 0.717) is 24.5 Å². The maximum absolute atomic E-state index is 12.9. The highest BCUT2D eigenvalue weighted by molar-refractivity contribution is 5.94. The van der Waals surface area contributed by atoms with Gasteiger partial charge >= 0.3 is 17.9 Å². The molecule has 4 aromatic carbocycles. The number of ether oxygens (including phenoxy) is 4. The van der Waals surface area contributed by atoms with E-state index in [0.717, 1.165) is 29.7 Å². The van der Waals surface area contributed by atoms with Crippen LogP contribution >= 0.6 is 0 Å². The summed E-state index contributed by atoms with van der Waals surface area (Å²) < 4.78 is 21.5. The molecule has 0 amide bonds. The monoisotopic (exact) mass is 568 g/mol. The lowest BCUT2D eigenvalue weighted by atomic mass is 10.0. The minimum atomic E-state index is -0.638. The Bertz CT molecular complexity index is 1570. The standard InChI is InChI=1S/C34H32O8/c1-3-6-23-7-8-26-21-30(15-11-25(26)19-23)41-34(38)27-12-16-31(28(20-27)22-35)42-33(37)24-9-13-29(14-10-24)39-17-5-18-40-32(36)4-2/h4,7-16,19-21,35H,2-3,5-6,17-18,22H2,1H3. The molecule has 0 unspecified atom stereocenters. The molecule has 216 valence electrons. The normalized spacial score (nSPS) is 10.6. The maximum atomic E-state index is 12.9. The fourth-order valence-electron chi connectivity index (χ4n) is 4.20. The summed E-state index contributed by atoms with van der Waals surface area (Å²) in [7, 11) is 0. The summed E-state index contributed by atoms with van der Waals surface area (Å²) in [6, 6.07) is 22.4. The van der Waals surface area contributed by atoms with Gasteiger partial charge in [0.15, 0.2) is 0 Å². The third-order valence-electron chi connectivity index (χ3n) is 6.35. The second-order valence-electron chi connectivity index (χ2n) is 9.45. The molecular weight excluding hydrogens is 536 g/mol. The average Bonchev–Trinajstić information content (AvgIpc) is 3.01. The Kier molecular flexibility index (Phi) is 10.4. The van der Waals surface area contributed by atoms with Crippen LogP contribution < -0.4 is 14.2 Å². The van der Waals surface area contributed by atoms with E-state index in [-0.39, 0.29) is 29.0 Å². The summed E-state index contributed by atoms with van der Waals surface area (Å²) in [5.41, 5.74) is 2.00. The second-order valence-corrected chi connectivity index (χ2v) is 9.45. The molecule has 0 aliphatic rings. The van der Waals surface area contributed by atoms with Gasteiger partial charge in [0.05, 0.1) is 30.9 Å². The van der Waals surface area contributed by atoms with Gasteiger partial charge in [-0.3, -0.25) is 0 Å². The van der Waals surface area contributed by atoms with Gasteiger partial charge in [0, 0.05) is 18.1 Å². The molecular formula is C34H32O8. The summed E-state index contributed by atoms with van der Waals surface area (Å²) in [6.45, 7) is 5.55. The van der Waals surface area contributed by atoms with E-state index in [1.807, 2.05) is 18.2 Å². The molecule has 4 rings (SSSR count). The highest BCUT2D eigenvalue weighted by atomic mass is 16.5. The zero-order valence-corrected chi connectivity index (χ0v) is 23.3. The van der Waals surface area contributed by atoms with E-state index in [1.54, 1.807) is 30.3 Å². The topological polar surface area (TPSA) is 108 Å². The summed E-state index contributed by atoms with van der Waals surface area (Å²) in [6.07, 6.45) is 3.67. The van der Waals surface area contributed by atoms with E-state index in [4.69, 9.17) is 18.9 Å². The molecule has 0 saturated heterocycles. The zero-order chi connectivity index (χ0) is 29.9. The van der Waals surface area contributed by atoms with Gasteiger partial charge in [-0.05, 0) is 77.4 Å². The number of carbonyl (C=O) groups is 3. The Hall–Kier alpha value is -4.95. The van der Waals surface area contributed by atoms with Crippen LogP contribution in [0.25, 0.3) is 10.8 Å². The Labute approximate surface area is 244 Å². The first kappa shape index (κ1) is 30.0. The van der Waals surface area contributed by atoms with Gasteiger partial charge in [-0.15, -0.1) is 0 Å². The van der Waals surface area contributed by atoms with Crippen molar-refractivity contribution in [3.63, 3.8) is 0 Å². The minimum absolute atomic E-state index is 0.127. The van der Waals surface area contributed by atoms with Crippen molar-refractivity contribution < 1.29 is 38.4 Å². The minimum Gasteiger partial charge on any atom is -0.493 e. The fourth-order valence-corrected chi connectivity index (χ4v) is 4.20. The summed E-state index contributed by atoms with van der Waals surface area (Å²) in [5, 5.41) is 11.9. The number of hydrogen-bond donors (Lipinski definition) is 1. The Morgan fingerprint density at radius 1 is 0.786 bits per heavy atom. The van der Waals surface area contributed by atoms with Crippen LogP contribution in [-0.2, 0) is 22.6 Å². The zero-order valence-electron chi connectivity index (χ0n) is 23.3. The van der Waals surface area contributed by atoms with Crippen LogP contribution in [0.5, 0.6) is 17.2 Å². The summed E-state index contributed by atoms with van der Waals surface area (Å²) in [5.74, 6) is -0.658. The van der Waals surface area contributed by atoms with Gasteiger partial charge < -0.3 is 24.1 Å². The molecule has 0 spiro atoms. The number of rotatable bonds is 13. The third-order valence-corrected chi connectivity index (χ3v) is 6.35. The molecule has 1 N–H and O–H groups in total. The lowest BCUT2D eigenvalue weighted by Gasteiger charge is -2.11. The van der Waals surface area contributed by atoms with E-state index in [1.165, 1.54) is 23.8 Å². The molecule has 0 heterocycles. The number of aliphatic hydroxyl groups is 1. The number of esters is 3. The molecule has 0 radical (unpaired) electrons. The van der Waals surface area contributed by atoms with Gasteiger partial charge in [-0.1, -0.05) is 44.2 Å². The molecule has 0 atom stereocenters. The number of aliphatic hydroxyl groups excluding tert-OH is 1. The van der Waals surface area contributed by atoms with Gasteiger partial charge in [0.2, 0.25) is 0 Å². The number of hydrogen-bond acceptors (Lipinski definition) is 8. The van der Waals surface area contributed by atoms with Crippen LogP contribution in [0.15, 0.2) is 91.5 Å². The van der Waals surface area contributed by atoms with Crippen LogP contribution in [-0.4, -0.2) is 36.2 Å². The van der Waals surface area contributed by atoms with Crippen LogP contribution in [0, 0.1) is 0 Å². The Morgan fingerprint density at radius 2 is 1.48 bits per heavy atom. The molecule has 4 aromatic rings. The first-order chi connectivity index (χ1) is 20.4. The number of fused-ring (bicyclic) bond motifs is 1. The molecule has 42 heavy (non-hydrogen) atoms. The van der Waals surface area contributed by atoms with Gasteiger partial charge in [0.25, 0.3) is 0 Å². The lowest BCUT2D eigenvalue weighted by Crippen LogP contribution is -2.12. The maximum Gasteiger partial charge on any atom is 0.343 e. The predicted molar refractivity (Wildman–Crippen MR) is 158 cm³/mol. The highest BCUT2D eigenvalue weighted by Crippen LogP contribution is 2.26. The number of aryl methyl sites for hydroxylation is 1. The fraction of sp³-hybridized carbons (Fsp3) is 0.206. The van der Waals surface area contributed by atoms with Crippen molar-refractivity contribution in [2.24, 2.45) is 0 Å². The lowest BCUT2D eigenvalue weighted by molar-refractivity contribution is -0.137. The van der Waals surface area contributed by atoms with Crippen molar-refractivity contribution in [3.05, 3.63) is 114 Å². The van der Waals surface area contributed by atoms with Crippen molar-refractivity contribution in [2.45, 2.75) is 32.8 Å².